The van der Waals surface area contributed by atoms with Crippen molar-refractivity contribution in [3.8, 4) is 28.6 Å². The highest BCUT2D eigenvalue weighted by molar-refractivity contribution is 5.66. The molecule has 0 spiro atoms. The molecule has 3 aromatic rings. The number of methoxy groups -OCH3 is 3. The molecule has 25 heavy (non-hydrogen) atoms. The van der Waals surface area contributed by atoms with Crippen LogP contribution in [0.15, 0.2) is 47.0 Å². The molecule has 1 heterocycles. The second-order valence-corrected chi connectivity index (χ2v) is 5.43. The molecule has 0 saturated carbocycles. The lowest BCUT2D eigenvalue weighted by Crippen LogP contribution is -1.97. The van der Waals surface area contributed by atoms with Gasteiger partial charge >= 0.3 is 0 Å². The van der Waals surface area contributed by atoms with E-state index in [0.29, 0.717) is 34.7 Å². The molecular formula is C19H20N2O4. The Hall–Kier alpha value is -3.15. The Bertz CT molecular complexity index is 831. The van der Waals surface area contributed by atoms with Crippen molar-refractivity contribution in [3.63, 3.8) is 0 Å². The van der Waals surface area contributed by atoms with Crippen LogP contribution in [0.4, 0.5) is 11.7 Å². The van der Waals surface area contributed by atoms with Gasteiger partial charge in [-0.3, -0.25) is 0 Å². The number of nitrogens with one attached hydrogen (secondary N) is 1. The quantitative estimate of drug-likeness (QED) is 0.716. The summed E-state index contributed by atoms with van der Waals surface area (Å²) in [5.41, 5.74) is 2.88. The number of aryl methyl sites for hydroxylation is 1. The number of rotatable bonds is 6. The zero-order chi connectivity index (χ0) is 17.8. The van der Waals surface area contributed by atoms with Gasteiger partial charge in [0.15, 0.2) is 17.3 Å². The van der Waals surface area contributed by atoms with E-state index in [4.69, 9.17) is 18.6 Å². The second kappa shape index (κ2) is 7.17. The Labute approximate surface area is 146 Å². The molecule has 0 saturated heterocycles. The van der Waals surface area contributed by atoms with Crippen molar-refractivity contribution in [1.29, 1.82) is 0 Å². The SMILES string of the molecule is COc1cc(Nc2ncc(-c3ccc(C)cc3)o2)cc(OC)c1OC. The molecule has 0 radical (unpaired) electrons. The van der Waals surface area contributed by atoms with Gasteiger partial charge in [-0.15, -0.1) is 0 Å². The van der Waals surface area contributed by atoms with Crippen LogP contribution in [-0.2, 0) is 0 Å². The molecule has 130 valence electrons. The molecule has 2 aromatic carbocycles. The average Bonchev–Trinajstić information content (AvgIpc) is 3.09. The molecular weight excluding hydrogens is 320 g/mol. The first-order chi connectivity index (χ1) is 12.1. The van der Waals surface area contributed by atoms with Crippen LogP contribution in [0.1, 0.15) is 5.56 Å². The highest BCUT2D eigenvalue weighted by Crippen LogP contribution is 2.40. The molecule has 1 aromatic heterocycles. The third-order valence-electron chi connectivity index (χ3n) is 3.76. The Kier molecular flexibility index (Phi) is 4.79. The second-order valence-electron chi connectivity index (χ2n) is 5.43. The average molecular weight is 340 g/mol. The van der Waals surface area contributed by atoms with E-state index in [9.17, 15) is 0 Å². The van der Waals surface area contributed by atoms with Gasteiger partial charge in [-0.25, -0.2) is 4.98 Å². The third kappa shape index (κ3) is 3.52. The van der Waals surface area contributed by atoms with Gasteiger partial charge in [0.1, 0.15) is 0 Å². The summed E-state index contributed by atoms with van der Waals surface area (Å²) in [4.78, 5) is 4.27. The number of aromatic nitrogens is 1. The fourth-order valence-corrected chi connectivity index (χ4v) is 2.46. The fraction of sp³-hybridized carbons (Fsp3) is 0.211. The van der Waals surface area contributed by atoms with E-state index in [1.807, 2.05) is 31.2 Å². The van der Waals surface area contributed by atoms with Gasteiger partial charge in [0.05, 0.1) is 27.5 Å². The van der Waals surface area contributed by atoms with Crippen LogP contribution in [0, 0.1) is 6.92 Å². The normalized spacial score (nSPS) is 10.4. The van der Waals surface area contributed by atoms with Gasteiger partial charge in [0.2, 0.25) is 5.75 Å². The van der Waals surface area contributed by atoms with E-state index in [-0.39, 0.29) is 0 Å². The van der Waals surface area contributed by atoms with E-state index in [0.717, 1.165) is 5.56 Å². The summed E-state index contributed by atoms with van der Waals surface area (Å²) >= 11 is 0. The summed E-state index contributed by atoms with van der Waals surface area (Å²) in [6.45, 7) is 2.04. The molecule has 0 aliphatic carbocycles. The third-order valence-corrected chi connectivity index (χ3v) is 3.76. The molecule has 0 amide bonds. The minimum absolute atomic E-state index is 0.379. The van der Waals surface area contributed by atoms with Gasteiger partial charge in [-0.05, 0) is 6.92 Å². The Balaban J connectivity index is 1.86. The van der Waals surface area contributed by atoms with Crippen molar-refractivity contribution >= 4 is 11.7 Å². The molecule has 0 fully saturated rings. The van der Waals surface area contributed by atoms with Crippen molar-refractivity contribution in [3.05, 3.63) is 48.2 Å². The van der Waals surface area contributed by atoms with Gasteiger partial charge in [0.25, 0.3) is 6.01 Å². The van der Waals surface area contributed by atoms with Crippen LogP contribution in [0.25, 0.3) is 11.3 Å². The fourth-order valence-electron chi connectivity index (χ4n) is 2.46. The summed E-state index contributed by atoms with van der Waals surface area (Å²) in [7, 11) is 4.71. The molecule has 0 aliphatic heterocycles. The predicted molar refractivity (Wildman–Crippen MR) is 96.1 cm³/mol. The maximum Gasteiger partial charge on any atom is 0.299 e. The Morgan fingerprint density at radius 3 is 2.12 bits per heavy atom. The first-order valence-corrected chi connectivity index (χ1v) is 7.74. The standard InChI is InChI=1S/C19H20N2O4/c1-12-5-7-13(8-6-12)17-11-20-19(25-17)21-14-9-15(22-2)18(24-4)16(10-14)23-3/h5-11H,1-4H3,(H,20,21). The van der Waals surface area contributed by atoms with Crippen LogP contribution in [-0.4, -0.2) is 26.3 Å². The Morgan fingerprint density at radius 2 is 1.56 bits per heavy atom. The number of benzene rings is 2. The van der Waals surface area contributed by atoms with Crippen molar-refractivity contribution < 1.29 is 18.6 Å². The molecule has 6 heteroatoms. The lowest BCUT2D eigenvalue weighted by atomic mass is 10.1. The summed E-state index contributed by atoms with van der Waals surface area (Å²) in [6, 6.07) is 12.0. The van der Waals surface area contributed by atoms with E-state index in [2.05, 4.69) is 10.3 Å². The molecule has 0 bridgehead atoms. The number of oxazole rings is 1. The summed E-state index contributed by atoms with van der Waals surface area (Å²) in [5.74, 6) is 2.32. The zero-order valence-corrected chi connectivity index (χ0v) is 14.6. The summed E-state index contributed by atoms with van der Waals surface area (Å²) in [5, 5.41) is 3.11. The highest BCUT2D eigenvalue weighted by atomic mass is 16.5. The van der Waals surface area contributed by atoms with E-state index in [1.54, 1.807) is 39.7 Å². The lowest BCUT2D eigenvalue weighted by Gasteiger charge is -2.14. The minimum Gasteiger partial charge on any atom is -0.493 e. The van der Waals surface area contributed by atoms with Crippen molar-refractivity contribution in [2.45, 2.75) is 6.92 Å². The zero-order valence-electron chi connectivity index (χ0n) is 14.6. The highest BCUT2D eigenvalue weighted by Gasteiger charge is 2.14. The summed E-state index contributed by atoms with van der Waals surface area (Å²) < 4.78 is 21.8. The molecule has 0 unspecified atom stereocenters. The monoisotopic (exact) mass is 340 g/mol. The van der Waals surface area contributed by atoms with Crippen molar-refractivity contribution in [2.75, 3.05) is 26.6 Å². The predicted octanol–water partition coefficient (Wildman–Crippen LogP) is 4.42. The maximum absolute atomic E-state index is 5.78. The molecule has 3 rings (SSSR count). The first kappa shape index (κ1) is 16.7. The largest absolute Gasteiger partial charge is 0.493 e. The van der Waals surface area contributed by atoms with E-state index in [1.165, 1.54) is 5.56 Å². The smallest absolute Gasteiger partial charge is 0.299 e. The van der Waals surface area contributed by atoms with E-state index < -0.39 is 0 Å². The van der Waals surface area contributed by atoms with Gasteiger partial charge < -0.3 is 23.9 Å². The van der Waals surface area contributed by atoms with Crippen LogP contribution in [0.3, 0.4) is 0 Å². The first-order valence-electron chi connectivity index (χ1n) is 7.74. The van der Waals surface area contributed by atoms with Gasteiger partial charge in [-0.1, -0.05) is 29.8 Å². The van der Waals surface area contributed by atoms with Crippen LogP contribution in [0.5, 0.6) is 17.2 Å². The van der Waals surface area contributed by atoms with Crippen LogP contribution < -0.4 is 19.5 Å². The molecule has 0 aliphatic rings. The Morgan fingerprint density at radius 1 is 0.920 bits per heavy atom. The topological polar surface area (TPSA) is 65.8 Å². The van der Waals surface area contributed by atoms with Crippen LogP contribution >= 0.6 is 0 Å². The van der Waals surface area contributed by atoms with Crippen molar-refractivity contribution in [2.24, 2.45) is 0 Å². The van der Waals surface area contributed by atoms with E-state index >= 15 is 0 Å². The molecule has 1 N–H and O–H groups in total. The summed E-state index contributed by atoms with van der Waals surface area (Å²) in [6.07, 6.45) is 1.69. The lowest BCUT2D eigenvalue weighted by molar-refractivity contribution is 0.324. The number of ether oxygens (including phenoxy) is 3. The van der Waals surface area contributed by atoms with Crippen molar-refractivity contribution in [1.82, 2.24) is 4.98 Å². The molecule has 6 nitrogen and oxygen atoms in total. The number of nitrogens with zero attached hydrogens (tertiary/aromatic N) is 1. The minimum atomic E-state index is 0.379. The molecule has 0 atom stereocenters. The number of hydrogen-bond donors (Lipinski definition) is 1. The number of anilines is 2. The van der Waals surface area contributed by atoms with Crippen LogP contribution in [0.2, 0.25) is 0 Å². The van der Waals surface area contributed by atoms with Gasteiger partial charge in [-0.2, -0.15) is 0 Å². The maximum atomic E-state index is 5.78. The van der Waals surface area contributed by atoms with Gasteiger partial charge in [0, 0.05) is 23.4 Å². The number of hydrogen-bond acceptors (Lipinski definition) is 6.